The molecule has 0 amide bonds. The number of rotatable bonds is 5. The fourth-order valence-corrected chi connectivity index (χ4v) is 3.62. The number of benzene rings is 2. The van der Waals surface area contributed by atoms with E-state index in [1.165, 1.54) is 11.3 Å². The Hall–Kier alpha value is -2.79. The van der Waals surface area contributed by atoms with Gasteiger partial charge in [-0.25, -0.2) is 4.98 Å². The van der Waals surface area contributed by atoms with E-state index < -0.39 is 0 Å². The van der Waals surface area contributed by atoms with Crippen molar-refractivity contribution in [1.82, 2.24) is 9.97 Å². The van der Waals surface area contributed by atoms with Gasteiger partial charge >= 0.3 is 0 Å². The molecular formula is C22H24ClN5. The van der Waals surface area contributed by atoms with Crippen LogP contribution < -0.4 is 15.1 Å². The van der Waals surface area contributed by atoms with E-state index in [1.807, 2.05) is 36.5 Å². The number of nitrogens with zero attached hydrogens (tertiary/aromatic N) is 4. The molecular weight excluding hydrogens is 370 g/mol. The van der Waals surface area contributed by atoms with Crippen LogP contribution in [-0.2, 0) is 6.54 Å². The van der Waals surface area contributed by atoms with Crippen LogP contribution in [0.25, 0.3) is 0 Å². The Morgan fingerprint density at radius 3 is 2.54 bits per heavy atom. The lowest BCUT2D eigenvalue weighted by atomic mass is 10.2. The molecule has 1 N–H and O–H groups in total. The van der Waals surface area contributed by atoms with Crippen molar-refractivity contribution in [2.24, 2.45) is 0 Å². The van der Waals surface area contributed by atoms with E-state index in [4.69, 9.17) is 16.6 Å². The Bertz CT molecular complexity index is 937. The van der Waals surface area contributed by atoms with E-state index in [2.05, 4.69) is 51.3 Å². The number of hydrogen-bond donors (Lipinski definition) is 1. The van der Waals surface area contributed by atoms with Crippen LogP contribution >= 0.6 is 11.6 Å². The molecule has 144 valence electrons. The topological polar surface area (TPSA) is 44.3 Å². The molecule has 1 aliphatic rings. The normalized spacial score (nSPS) is 14.2. The fraction of sp³-hybridized carbons (Fsp3) is 0.273. The first-order chi connectivity index (χ1) is 13.7. The molecule has 0 radical (unpaired) electrons. The van der Waals surface area contributed by atoms with Crippen LogP contribution in [0.3, 0.4) is 0 Å². The predicted molar refractivity (Wildman–Crippen MR) is 116 cm³/mol. The zero-order chi connectivity index (χ0) is 19.3. The molecule has 1 saturated heterocycles. The summed E-state index contributed by atoms with van der Waals surface area (Å²) in [5, 5.41) is 4.11. The monoisotopic (exact) mass is 393 g/mol. The minimum absolute atomic E-state index is 0.636. The lowest BCUT2D eigenvalue weighted by molar-refractivity contribution is 0.640. The third-order valence-corrected chi connectivity index (χ3v) is 5.36. The smallest absolute Gasteiger partial charge is 0.227 e. The first-order valence-corrected chi connectivity index (χ1v) is 9.94. The summed E-state index contributed by atoms with van der Waals surface area (Å²) in [5.41, 5.74) is 3.63. The molecule has 2 aromatic carbocycles. The quantitative estimate of drug-likeness (QED) is 0.697. The van der Waals surface area contributed by atoms with Crippen LogP contribution in [0.2, 0.25) is 5.02 Å². The number of hydrogen-bond acceptors (Lipinski definition) is 5. The van der Waals surface area contributed by atoms with Crippen molar-refractivity contribution in [3.63, 3.8) is 0 Å². The van der Waals surface area contributed by atoms with E-state index >= 15 is 0 Å². The number of halogens is 1. The Kier molecular flexibility index (Phi) is 5.63. The first-order valence-electron chi connectivity index (χ1n) is 9.56. The number of aromatic nitrogens is 2. The molecule has 0 unspecified atom stereocenters. The van der Waals surface area contributed by atoms with Gasteiger partial charge in [-0.2, -0.15) is 4.98 Å². The summed E-state index contributed by atoms with van der Waals surface area (Å²) < 4.78 is 0. The van der Waals surface area contributed by atoms with Crippen molar-refractivity contribution in [1.29, 1.82) is 0 Å². The zero-order valence-corrected chi connectivity index (χ0v) is 16.7. The summed E-state index contributed by atoms with van der Waals surface area (Å²) in [6.07, 6.45) is 1.81. The molecule has 4 rings (SSSR count). The summed E-state index contributed by atoms with van der Waals surface area (Å²) >= 11 is 6.23. The maximum absolute atomic E-state index is 6.23. The van der Waals surface area contributed by atoms with Crippen molar-refractivity contribution in [2.45, 2.75) is 13.5 Å². The van der Waals surface area contributed by atoms with Crippen LogP contribution in [0, 0.1) is 6.92 Å². The molecule has 0 atom stereocenters. The molecule has 0 saturated carbocycles. The van der Waals surface area contributed by atoms with Crippen molar-refractivity contribution in [2.75, 3.05) is 41.3 Å². The number of piperazine rings is 1. The number of anilines is 3. The maximum atomic E-state index is 6.23. The van der Waals surface area contributed by atoms with Crippen molar-refractivity contribution >= 4 is 29.1 Å². The van der Waals surface area contributed by atoms with Gasteiger partial charge in [-0.1, -0.05) is 41.9 Å². The van der Waals surface area contributed by atoms with E-state index in [0.29, 0.717) is 6.54 Å². The summed E-state index contributed by atoms with van der Waals surface area (Å²) in [6, 6.07) is 18.4. The van der Waals surface area contributed by atoms with Crippen LogP contribution in [0.15, 0.2) is 60.8 Å². The summed E-state index contributed by atoms with van der Waals surface area (Å²) in [5.74, 6) is 1.58. The minimum Gasteiger partial charge on any atom is -0.368 e. The van der Waals surface area contributed by atoms with E-state index in [9.17, 15) is 0 Å². The second kappa shape index (κ2) is 8.48. The molecule has 6 heteroatoms. The van der Waals surface area contributed by atoms with Crippen LogP contribution in [0.4, 0.5) is 17.5 Å². The maximum Gasteiger partial charge on any atom is 0.227 e. The Morgan fingerprint density at radius 1 is 0.964 bits per heavy atom. The summed E-state index contributed by atoms with van der Waals surface area (Å²) in [4.78, 5) is 13.8. The van der Waals surface area contributed by atoms with Gasteiger partial charge in [0.1, 0.15) is 5.82 Å². The molecule has 1 fully saturated rings. The third-order valence-electron chi connectivity index (χ3n) is 4.99. The van der Waals surface area contributed by atoms with Gasteiger partial charge in [0.25, 0.3) is 0 Å². The lowest BCUT2D eigenvalue weighted by Crippen LogP contribution is -2.47. The second-order valence-electron chi connectivity index (χ2n) is 7.00. The Balaban J connectivity index is 1.38. The Labute approximate surface area is 171 Å². The summed E-state index contributed by atoms with van der Waals surface area (Å²) in [6.45, 7) is 6.50. The van der Waals surface area contributed by atoms with E-state index in [-0.39, 0.29) is 0 Å². The molecule has 28 heavy (non-hydrogen) atoms. The van der Waals surface area contributed by atoms with Gasteiger partial charge < -0.3 is 15.1 Å². The van der Waals surface area contributed by atoms with Gasteiger partial charge in [0.2, 0.25) is 5.95 Å². The van der Waals surface area contributed by atoms with Crippen molar-refractivity contribution in [3.05, 3.63) is 76.9 Å². The molecule has 5 nitrogen and oxygen atoms in total. The van der Waals surface area contributed by atoms with Crippen LogP contribution in [-0.4, -0.2) is 36.1 Å². The minimum atomic E-state index is 0.636. The molecule has 0 aliphatic carbocycles. The summed E-state index contributed by atoms with van der Waals surface area (Å²) in [7, 11) is 0. The van der Waals surface area contributed by atoms with Gasteiger partial charge in [-0.05, 0) is 42.3 Å². The van der Waals surface area contributed by atoms with Gasteiger partial charge in [-0.15, -0.1) is 0 Å². The molecule has 1 aliphatic heterocycles. The van der Waals surface area contributed by atoms with E-state index in [0.717, 1.165) is 48.5 Å². The number of aryl methyl sites for hydroxylation is 1. The standard InChI is InChI=1S/C22H24ClN5/c1-17-5-4-7-19(15-17)27-11-13-28(14-12-27)22-24-10-9-21(26-22)25-16-18-6-2-3-8-20(18)23/h2-10,15H,11-14,16H2,1H3,(H,24,25,26). The Morgan fingerprint density at radius 2 is 1.75 bits per heavy atom. The highest BCUT2D eigenvalue weighted by molar-refractivity contribution is 6.31. The molecule has 0 spiro atoms. The van der Waals surface area contributed by atoms with Crippen LogP contribution in [0.5, 0.6) is 0 Å². The molecule has 3 aromatic rings. The van der Waals surface area contributed by atoms with Crippen molar-refractivity contribution < 1.29 is 0 Å². The molecule has 2 heterocycles. The average molecular weight is 394 g/mol. The molecule has 1 aromatic heterocycles. The molecule has 0 bridgehead atoms. The van der Waals surface area contributed by atoms with Crippen LogP contribution in [0.1, 0.15) is 11.1 Å². The average Bonchev–Trinajstić information content (AvgIpc) is 2.73. The van der Waals surface area contributed by atoms with Crippen molar-refractivity contribution in [3.8, 4) is 0 Å². The highest BCUT2D eigenvalue weighted by Crippen LogP contribution is 2.21. The zero-order valence-electron chi connectivity index (χ0n) is 16.0. The van der Waals surface area contributed by atoms with Gasteiger partial charge in [0.15, 0.2) is 0 Å². The highest BCUT2D eigenvalue weighted by Gasteiger charge is 2.19. The SMILES string of the molecule is Cc1cccc(N2CCN(c3nccc(NCc4ccccc4Cl)n3)CC2)c1. The highest BCUT2D eigenvalue weighted by atomic mass is 35.5. The first kappa shape index (κ1) is 18.6. The number of nitrogens with one attached hydrogen (secondary N) is 1. The third kappa shape index (κ3) is 4.37. The largest absolute Gasteiger partial charge is 0.368 e. The van der Waals surface area contributed by atoms with Gasteiger partial charge in [0, 0.05) is 49.6 Å². The lowest BCUT2D eigenvalue weighted by Gasteiger charge is -2.36. The predicted octanol–water partition coefficient (Wildman–Crippen LogP) is 4.38. The van der Waals surface area contributed by atoms with Gasteiger partial charge in [-0.3, -0.25) is 0 Å². The van der Waals surface area contributed by atoms with Gasteiger partial charge in [0.05, 0.1) is 0 Å². The second-order valence-corrected chi connectivity index (χ2v) is 7.41. The van der Waals surface area contributed by atoms with E-state index in [1.54, 1.807) is 0 Å². The fourth-order valence-electron chi connectivity index (χ4n) is 3.42.